The van der Waals surface area contributed by atoms with Crippen LogP contribution in [-0.4, -0.2) is 21.0 Å². The normalized spacial score (nSPS) is 10.7. The molecule has 0 saturated heterocycles. The average Bonchev–Trinajstić information content (AvgIpc) is 3.04. The minimum atomic E-state index is -0.505. The second kappa shape index (κ2) is 7.08. The van der Waals surface area contributed by atoms with Gasteiger partial charge in [-0.1, -0.05) is 38.1 Å². The van der Waals surface area contributed by atoms with Gasteiger partial charge in [0.25, 0.3) is 0 Å². The van der Waals surface area contributed by atoms with E-state index >= 15 is 0 Å². The highest BCUT2D eigenvalue weighted by atomic mass is 16.5. The van der Waals surface area contributed by atoms with Crippen molar-refractivity contribution in [2.75, 3.05) is 0 Å². The summed E-state index contributed by atoms with van der Waals surface area (Å²) in [4.78, 5) is 13.1. The fourth-order valence-corrected chi connectivity index (χ4v) is 2.46. The van der Waals surface area contributed by atoms with Crippen molar-refractivity contribution in [2.45, 2.75) is 26.2 Å². The van der Waals surface area contributed by atoms with Crippen LogP contribution in [0.25, 0.3) is 16.7 Å². The maximum atomic E-state index is 11.6. The summed E-state index contributed by atoms with van der Waals surface area (Å²) < 4.78 is 5.35. The summed E-state index contributed by atoms with van der Waals surface area (Å²) in [6.07, 6.45) is 4.31. The van der Waals surface area contributed by atoms with Crippen molar-refractivity contribution in [1.82, 2.24) is 15.0 Å². The predicted octanol–water partition coefficient (Wildman–Crippen LogP) is 3.85. The van der Waals surface area contributed by atoms with Crippen molar-refractivity contribution in [2.24, 2.45) is 0 Å². The van der Waals surface area contributed by atoms with E-state index in [2.05, 4.69) is 23.7 Å². The molecule has 24 heavy (non-hydrogen) atoms. The van der Waals surface area contributed by atoms with Crippen molar-refractivity contribution in [3.8, 4) is 11.4 Å². The third kappa shape index (κ3) is 3.35. The van der Waals surface area contributed by atoms with Crippen LogP contribution in [0, 0.1) is 0 Å². The highest BCUT2D eigenvalue weighted by Gasteiger charge is 2.13. The lowest BCUT2D eigenvalue weighted by molar-refractivity contribution is -0.128. The van der Waals surface area contributed by atoms with Gasteiger partial charge in [0.15, 0.2) is 5.75 Å². The van der Waals surface area contributed by atoms with Gasteiger partial charge < -0.3 is 4.74 Å². The lowest BCUT2D eigenvalue weighted by atomic mass is 10.1. The van der Waals surface area contributed by atoms with Crippen molar-refractivity contribution in [3.63, 3.8) is 0 Å². The number of rotatable bonds is 6. The lowest BCUT2D eigenvalue weighted by Crippen LogP contribution is -2.09. The molecule has 2 aromatic carbocycles. The smallest absolute Gasteiger partial charge is 0.335 e. The number of benzene rings is 2. The molecule has 0 fully saturated rings. The van der Waals surface area contributed by atoms with Gasteiger partial charge in [0.1, 0.15) is 16.7 Å². The predicted molar refractivity (Wildman–Crippen MR) is 93.3 cm³/mol. The molecule has 0 spiro atoms. The van der Waals surface area contributed by atoms with E-state index in [1.165, 1.54) is 4.80 Å². The van der Waals surface area contributed by atoms with Gasteiger partial charge in [-0.05, 0) is 42.7 Å². The summed E-state index contributed by atoms with van der Waals surface area (Å²) in [5.74, 6) is -0.0882. The molecule has 0 N–H and O–H groups in total. The topological polar surface area (TPSA) is 57.0 Å². The summed E-state index contributed by atoms with van der Waals surface area (Å²) in [6, 6.07) is 13.4. The van der Waals surface area contributed by atoms with E-state index in [-0.39, 0.29) is 0 Å². The van der Waals surface area contributed by atoms with Crippen LogP contribution >= 0.6 is 0 Å². The van der Waals surface area contributed by atoms with Crippen LogP contribution in [-0.2, 0) is 11.2 Å². The fraction of sp³-hybridized carbons (Fsp3) is 0.211. The molecule has 0 aliphatic heterocycles. The quantitative estimate of drug-likeness (QED) is 0.393. The Hall–Kier alpha value is -2.95. The first-order valence-corrected chi connectivity index (χ1v) is 8.01. The molecule has 5 heteroatoms. The van der Waals surface area contributed by atoms with E-state index in [0.29, 0.717) is 11.4 Å². The molecule has 0 amide bonds. The molecular formula is C19H19N3O2. The van der Waals surface area contributed by atoms with Crippen molar-refractivity contribution < 1.29 is 9.53 Å². The highest BCUT2D eigenvalue weighted by molar-refractivity contribution is 5.84. The largest absolute Gasteiger partial charge is 0.421 e. The molecule has 0 radical (unpaired) electrons. The van der Waals surface area contributed by atoms with Gasteiger partial charge in [-0.15, -0.1) is 15.0 Å². The summed E-state index contributed by atoms with van der Waals surface area (Å²) >= 11 is 0. The van der Waals surface area contributed by atoms with E-state index in [0.717, 1.165) is 41.9 Å². The standard InChI is InChI=1S/C19H19N3O2/c1-3-5-8-14-11-12-18(24-19(23)4-2)17(13-14)22-20-15-9-6-7-10-16(15)21-22/h4,6-7,9-13H,2-3,5,8H2,1H3. The third-order valence-corrected chi connectivity index (χ3v) is 3.72. The SMILES string of the molecule is C=CC(=O)Oc1ccc(CCCC)cc1-n1nc2ccccc2n1. The zero-order valence-corrected chi connectivity index (χ0v) is 13.6. The van der Waals surface area contributed by atoms with Crippen LogP contribution in [0.15, 0.2) is 55.1 Å². The second-order valence-electron chi connectivity index (χ2n) is 5.51. The number of hydrogen-bond donors (Lipinski definition) is 0. The maximum Gasteiger partial charge on any atom is 0.335 e. The first-order valence-electron chi connectivity index (χ1n) is 8.01. The Morgan fingerprint density at radius 1 is 1.21 bits per heavy atom. The molecule has 0 unspecified atom stereocenters. The van der Waals surface area contributed by atoms with E-state index in [9.17, 15) is 4.79 Å². The summed E-state index contributed by atoms with van der Waals surface area (Å²) in [6.45, 7) is 5.60. The number of ether oxygens (including phenoxy) is 1. The molecule has 0 bridgehead atoms. The molecule has 3 rings (SSSR count). The second-order valence-corrected chi connectivity index (χ2v) is 5.51. The molecule has 1 heterocycles. The number of aromatic nitrogens is 3. The third-order valence-electron chi connectivity index (χ3n) is 3.72. The molecule has 0 saturated carbocycles. The summed E-state index contributed by atoms with van der Waals surface area (Å²) in [5, 5.41) is 8.97. The van der Waals surface area contributed by atoms with E-state index in [1.54, 1.807) is 6.07 Å². The maximum absolute atomic E-state index is 11.6. The molecule has 5 nitrogen and oxygen atoms in total. The van der Waals surface area contributed by atoms with Gasteiger partial charge in [0.2, 0.25) is 0 Å². The Morgan fingerprint density at radius 3 is 2.54 bits per heavy atom. The Balaban J connectivity index is 2.06. The number of nitrogens with zero attached hydrogens (tertiary/aromatic N) is 3. The monoisotopic (exact) mass is 321 g/mol. The van der Waals surface area contributed by atoms with Crippen molar-refractivity contribution >= 4 is 17.0 Å². The molecule has 0 aliphatic rings. The summed E-state index contributed by atoms with van der Waals surface area (Å²) in [7, 11) is 0. The zero-order chi connectivity index (χ0) is 16.9. The molecule has 0 atom stereocenters. The van der Waals surface area contributed by atoms with Gasteiger partial charge in [-0.2, -0.15) is 0 Å². The number of aryl methyl sites for hydroxylation is 1. The number of fused-ring (bicyclic) bond motifs is 1. The average molecular weight is 321 g/mol. The number of esters is 1. The van der Waals surface area contributed by atoms with E-state index in [1.807, 2.05) is 36.4 Å². The zero-order valence-electron chi connectivity index (χ0n) is 13.6. The first-order chi connectivity index (χ1) is 11.7. The van der Waals surface area contributed by atoms with Gasteiger partial charge in [0, 0.05) is 6.08 Å². The summed E-state index contributed by atoms with van der Waals surface area (Å²) in [5.41, 5.74) is 3.39. The Bertz CT molecular complexity index is 850. The van der Waals surface area contributed by atoms with Crippen LogP contribution in [0.4, 0.5) is 0 Å². The molecule has 1 aromatic heterocycles. The van der Waals surface area contributed by atoms with Crippen LogP contribution < -0.4 is 4.74 Å². The van der Waals surface area contributed by atoms with Crippen LogP contribution in [0.5, 0.6) is 5.75 Å². The van der Waals surface area contributed by atoms with Crippen molar-refractivity contribution in [3.05, 3.63) is 60.7 Å². The van der Waals surface area contributed by atoms with E-state index < -0.39 is 5.97 Å². The van der Waals surface area contributed by atoms with E-state index in [4.69, 9.17) is 4.74 Å². The Kier molecular flexibility index (Phi) is 4.70. The Morgan fingerprint density at radius 2 is 1.92 bits per heavy atom. The van der Waals surface area contributed by atoms with Gasteiger partial charge in [-0.3, -0.25) is 0 Å². The number of unbranched alkanes of at least 4 members (excludes halogenated alkanes) is 1. The van der Waals surface area contributed by atoms with Crippen LogP contribution in [0.2, 0.25) is 0 Å². The lowest BCUT2D eigenvalue weighted by Gasteiger charge is -2.10. The van der Waals surface area contributed by atoms with Crippen molar-refractivity contribution in [1.29, 1.82) is 0 Å². The van der Waals surface area contributed by atoms with Crippen LogP contribution in [0.1, 0.15) is 25.3 Å². The fourth-order valence-electron chi connectivity index (χ4n) is 2.46. The number of hydrogen-bond acceptors (Lipinski definition) is 4. The minimum Gasteiger partial charge on any atom is -0.421 e. The molecule has 3 aromatic rings. The van der Waals surface area contributed by atoms with Gasteiger partial charge >= 0.3 is 5.97 Å². The first kappa shape index (κ1) is 15.9. The number of carbonyl (C=O) groups excluding carboxylic acids is 1. The Labute approximate surface area is 140 Å². The van der Waals surface area contributed by atoms with Gasteiger partial charge in [-0.25, -0.2) is 4.79 Å². The highest BCUT2D eigenvalue weighted by Crippen LogP contribution is 2.25. The molecular weight excluding hydrogens is 302 g/mol. The van der Waals surface area contributed by atoms with Crippen LogP contribution in [0.3, 0.4) is 0 Å². The minimum absolute atomic E-state index is 0.417. The number of carbonyl (C=O) groups is 1. The molecule has 0 aliphatic carbocycles. The molecule has 122 valence electrons. The van der Waals surface area contributed by atoms with Gasteiger partial charge in [0.05, 0.1) is 0 Å².